The van der Waals surface area contributed by atoms with Gasteiger partial charge in [-0.05, 0) is 50.7 Å². The second-order valence-electron chi connectivity index (χ2n) is 8.03. The van der Waals surface area contributed by atoms with Crippen molar-refractivity contribution in [3.63, 3.8) is 0 Å². The van der Waals surface area contributed by atoms with E-state index in [1.54, 1.807) is 0 Å². The molecule has 1 aromatic rings. The van der Waals surface area contributed by atoms with Crippen LogP contribution in [0.25, 0.3) is 0 Å². The number of nitrogens with zero attached hydrogens (tertiary/aromatic N) is 3. The lowest BCUT2D eigenvalue weighted by Gasteiger charge is -2.36. The van der Waals surface area contributed by atoms with Gasteiger partial charge in [0.25, 0.3) is 0 Å². The molecule has 27 heavy (non-hydrogen) atoms. The molecule has 148 valence electrons. The van der Waals surface area contributed by atoms with Crippen molar-refractivity contribution < 1.29 is 9.59 Å². The molecule has 0 saturated carbocycles. The number of carbonyl (C=O) groups is 2. The fourth-order valence-electron chi connectivity index (χ4n) is 4.12. The Morgan fingerprint density at radius 1 is 0.852 bits per heavy atom. The van der Waals surface area contributed by atoms with Crippen LogP contribution in [0.1, 0.15) is 42.4 Å². The second kappa shape index (κ2) is 9.36. The zero-order valence-corrected chi connectivity index (χ0v) is 16.9. The van der Waals surface area contributed by atoms with Crippen molar-refractivity contribution >= 4 is 11.8 Å². The summed E-state index contributed by atoms with van der Waals surface area (Å²) in [4.78, 5) is 31.1. The van der Waals surface area contributed by atoms with E-state index in [0.717, 1.165) is 58.5 Å². The van der Waals surface area contributed by atoms with E-state index in [1.807, 2.05) is 9.80 Å². The van der Waals surface area contributed by atoms with Crippen LogP contribution in [-0.4, -0.2) is 72.3 Å². The van der Waals surface area contributed by atoms with Crippen molar-refractivity contribution in [1.29, 1.82) is 0 Å². The standard InChI is InChI=1S/C22H33N3O2/c1-18-6-7-20(19(2)16-18)8-9-21(26)25-14-12-23(13-15-25)17-22(27)24-10-4-3-5-11-24/h6-7,16H,3-5,8-15,17H2,1-2H3. The van der Waals surface area contributed by atoms with Crippen LogP contribution in [0.4, 0.5) is 0 Å². The maximum atomic E-state index is 12.6. The van der Waals surface area contributed by atoms with Crippen LogP contribution in [0.15, 0.2) is 18.2 Å². The molecule has 2 saturated heterocycles. The molecule has 0 spiro atoms. The summed E-state index contributed by atoms with van der Waals surface area (Å²) in [5.74, 6) is 0.487. The van der Waals surface area contributed by atoms with Crippen LogP contribution in [0.5, 0.6) is 0 Å². The van der Waals surface area contributed by atoms with Crippen LogP contribution >= 0.6 is 0 Å². The van der Waals surface area contributed by atoms with Gasteiger partial charge in [0.2, 0.25) is 11.8 Å². The molecule has 0 unspecified atom stereocenters. The molecule has 2 aliphatic heterocycles. The first kappa shape index (κ1) is 19.9. The number of piperidine rings is 1. The predicted octanol–water partition coefficient (Wildman–Crippen LogP) is 2.39. The maximum Gasteiger partial charge on any atom is 0.236 e. The molecule has 5 heteroatoms. The molecular formula is C22H33N3O2. The van der Waals surface area contributed by atoms with Crippen molar-refractivity contribution in [1.82, 2.24) is 14.7 Å². The lowest BCUT2D eigenvalue weighted by molar-refractivity contribution is -0.135. The Morgan fingerprint density at radius 3 is 2.19 bits per heavy atom. The van der Waals surface area contributed by atoms with Gasteiger partial charge < -0.3 is 9.80 Å². The lowest BCUT2D eigenvalue weighted by atomic mass is 10.0. The van der Waals surface area contributed by atoms with Gasteiger partial charge in [0.1, 0.15) is 0 Å². The summed E-state index contributed by atoms with van der Waals surface area (Å²) in [5, 5.41) is 0. The van der Waals surface area contributed by atoms with E-state index in [2.05, 4.69) is 36.9 Å². The van der Waals surface area contributed by atoms with Gasteiger partial charge >= 0.3 is 0 Å². The summed E-state index contributed by atoms with van der Waals surface area (Å²) < 4.78 is 0. The Balaban J connectivity index is 1.40. The van der Waals surface area contributed by atoms with E-state index < -0.39 is 0 Å². The highest BCUT2D eigenvalue weighted by atomic mass is 16.2. The largest absolute Gasteiger partial charge is 0.342 e. The van der Waals surface area contributed by atoms with Crippen LogP contribution in [0.3, 0.4) is 0 Å². The van der Waals surface area contributed by atoms with Gasteiger partial charge in [0, 0.05) is 45.7 Å². The Kier molecular flexibility index (Phi) is 6.89. The molecule has 2 fully saturated rings. The van der Waals surface area contributed by atoms with E-state index in [9.17, 15) is 9.59 Å². The normalized spacial score (nSPS) is 18.6. The molecule has 1 aromatic carbocycles. The van der Waals surface area contributed by atoms with Crippen molar-refractivity contribution in [2.45, 2.75) is 46.0 Å². The highest BCUT2D eigenvalue weighted by Gasteiger charge is 2.24. The smallest absolute Gasteiger partial charge is 0.236 e. The number of benzene rings is 1. The first-order valence-corrected chi connectivity index (χ1v) is 10.4. The van der Waals surface area contributed by atoms with Gasteiger partial charge in [0.15, 0.2) is 0 Å². The molecule has 2 aliphatic rings. The van der Waals surface area contributed by atoms with Crippen LogP contribution in [0, 0.1) is 13.8 Å². The highest BCUT2D eigenvalue weighted by Crippen LogP contribution is 2.14. The second-order valence-corrected chi connectivity index (χ2v) is 8.03. The van der Waals surface area contributed by atoms with E-state index in [0.29, 0.717) is 13.0 Å². The number of rotatable bonds is 5. The first-order valence-electron chi connectivity index (χ1n) is 10.4. The third-order valence-corrected chi connectivity index (χ3v) is 5.90. The summed E-state index contributed by atoms with van der Waals surface area (Å²) in [6.45, 7) is 9.61. The fraction of sp³-hybridized carbons (Fsp3) is 0.636. The average Bonchev–Trinajstić information content (AvgIpc) is 2.68. The minimum atomic E-state index is 0.233. The minimum absolute atomic E-state index is 0.233. The number of aryl methyl sites for hydroxylation is 3. The third-order valence-electron chi connectivity index (χ3n) is 5.90. The van der Waals surface area contributed by atoms with E-state index in [1.165, 1.54) is 23.1 Å². The summed E-state index contributed by atoms with van der Waals surface area (Å²) in [6.07, 6.45) is 4.88. The first-order chi connectivity index (χ1) is 13.0. The van der Waals surface area contributed by atoms with Crippen molar-refractivity contribution in [2.24, 2.45) is 0 Å². The van der Waals surface area contributed by atoms with Gasteiger partial charge in [-0.25, -0.2) is 0 Å². The molecule has 5 nitrogen and oxygen atoms in total. The number of hydrogen-bond acceptors (Lipinski definition) is 3. The van der Waals surface area contributed by atoms with Gasteiger partial charge in [0.05, 0.1) is 6.54 Å². The monoisotopic (exact) mass is 371 g/mol. The third kappa shape index (κ3) is 5.55. The number of piperazine rings is 1. The Hall–Kier alpha value is -1.88. The van der Waals surface area contributed by atoms with Gasteiger partial charge in [-0.2, -0.15) is 0 Å². The highest BCUT2D eigenvalue weighted by molar-refractivity contribution is 5.78. The van der Waals surface area contributed by atoms with Crippen LogP contribution in [-0.2, 0) is 16.0 Å². The van der Waals surface area contributed by atoms with E-state index in [4.69, 9.17) is 0 Å². The quantitative estimate of drug-likeness (QED) is 0.798. The molecule has 0 aliphatic carbocycles. The molecule has 2 amide bonds. The Morgan fingerprint density at radius 2 is 1.52 bits per heavy atom. The Labute approximate surface area is 163 Å². The molecule has 3 rings (SSSR count). The van der Waals surface area contributed by atoms with Crippen molar-refractivity contribution in [3.05, 3.63) is 34.9 Å². The molecule has 0 atom stereocenters. The van der Waals surface area contributed by atoms with Crippen LogP contribution in [0.2, 0.25) is 0 Å². The molecular weight excluding hydrogens is 338 g/mol. The maximum absolute atomic E-state index is 12.6. The van der Waals surface area contributed by atoms with E-state index in [-0.39, 0.29) is 11.8 Å². The summed E-state index contributed by atoms with van der Waals surface area (Å²) in [7, 11) is 0. The molecule has 0 radical (unpaired) electrons. The Bertz CT molecular complexity index is 660. The van der Waals surface area contributed by atoms with Crippen molar-refractivity contribution in [3.8, 4) is 0 Å². The number of likely N-dealkylation sites (tertiary alicyclic amines) is 1. The molecule has 0 aromatic heterocycles. The summed E-state index contributed by atoms with van der Waals surface area (Å²) >= 11 is 0. The van der Waals surface area contributed by atoms with Crippen LogP contribution < -0.4 is 0 Å². The predicted molar refractivity (Wildman–Crippen MR) is 108 cm³/mol. The molecule has 0 bridgehead atoms. The lowest BCUT2D eigenvalue weighted by Crippen LogP contribution is -2.52. The topological polar surface area (TPSA) is 43.9 Å². The van der Waals surface area contributed by atoms with E-state index >= 15 is 0 Å². The zero-order valence-electron chi connectivity index (χ0n) is 16.9. The van der Waals surface area contributed by atoms with Crippen molar-refractivity contribution in [2.75, 3.05) is 45.8 Å². The van der Waals surface area contributed by atoms with Gasteiger partial charge in [-0.1, -0.05) is 23.8 Å². The SMILES string of the molecule is Cc1ccc(CCC(=O)N2CCN(CC(=O)N3CCCCC3)CC2)c(C)c1. The average molecular weight is 372 g/mol. The molecule has 2 heterocycles. The van der Waals surface area contributed by atoms with Gasteiger partial charge in [-0.15, -0.1) is 0 Å². The number of hydrogen-bond donors (Lipinski definition) is 0. The minimum Gasteiger partial charge on any atom is -0.342 e. The number of carbonyl (C=O) groups excluding carboxylic acids is 2. The summed E-state index contributed by atoms with van der Waals surface area (Å²) in [6, 6.07) is 6.44. The zero-order chi connectivity index (χ0) is 19.2. The fourth-order valence-corrected chi connectivity index (χ4v) is 4.12. The molecule has 0 N–H and O–H groups in total. The number of amides is 2. The van der Waals surface area contributed by atoms with Gasteiger partial charge in [-0.3, -0.25) is 14.5 Å². The summed E-state index contributed by atoms with van der Waals surface area (Å²) in [5.41, 5.74) is 3.79.